The summed E-state index contributed by atoms with van der Waals surface area (Å²) in [6.45, 7) is 0.523. The molecule has 4 aromatic carbocycles. The zero-order chi connectivity index (χ0) is 40.3. The predicted octanol–water partition coefficient (Wildman–Crippen LogP) is 7.63. The Labute approximate surface area is 330 Å². The highest BCUT2D eigenvalue weighted by atomic mass is 32.2. The molecule has 2 aliphatic rings. The lowest BCUT2D eigenvalue weighted by Gasteiger charge is -2.30. The number of hydrogen-bond donors (Lipinski definition) is 2. The van der Waals surface area contributed by atoms with E-state index in [0.717, 1.165) is 82.7 Å². The summed E-state index contributed by atoms with van der Waals surface area (Å²) in [5.74, 6) is 2.52. The molecular formula is C42H49N3O9S2. The van der Waals surface area contributed by atoms with Crippen LogP contribution in [0.2, 0.25) is 0 Å². The number of nitriles is 1. The topological polar surface area (TPSA) is 190 Å². The summed E-state index contributed by atoms with van der Waals surface area (Å²) in [6, 6.07) is 24.7. The summed E-state index contributed by atoms with van der Waals surface area (Å²) in [7, 11) is -2.35. The smallest absolute Gasteiger partial charge is 0.213 e. The van der Waals surface area contributed by atoms with Crippen LogP contribution in [0.4, 0.5) is 0 Å². The van der Waals surface area contributed by atoms with Gasteiger partial charge in [0, 0.05) is 31.1 Å². The van der Waals surface area contributed by atoms with Crippen LogP contribution in [0.3, 0.4) is 0 Å². The number of fused-ring (bicyclic) bond motifs is 6. The average molecular weight is 804 g/mol. The highest BCUT2D eigenvalue weighted by molar-refractivity contribution is 7.88. The quantitative estimate of drug-likeness (QED) is 0.0842. The minimum absolute atomic E-state index is 0.166. The van der Waals surface area contributed by atoms with Gasteiger partial charge in [-0.1, -0.05) is 73.5 Å². The lowest BCUT2D eigenvalue weighted by molar-refractivity contribution is 0.186. The van der Waals surface area contributed by atoms with Gasteiger partial charge < -0.3 is 23.7 Å². The number of nitrogens with two attached hydrogens (primary N) is 2. The maximum absolute atomic E-state index is 11.5. The van der Waals surface area contributed by atoms with Gasteiger partial charge in [0.25, 0.3) is 0 Å². The van der Waals surface area contributed by atoms with Gasteiger partial charge in [-0.05, 0) is 65.8 Å². The molecule has 0 amide bonds. The molecule has 4 N–H and O–H groups in total. The Morgan fingerprint density at radius 3 is 1.71 bits per heavy atom. The van der Waals surface area contributed by atoms with Crippen molar-refractivity contribution in [3.63, 3.8) is 0 Å². The molecule has 14 heteroatoms. The number of sulfonamides is 2. The van der Waals surface area contributed by atoms with E-state index in [2.05, 4.69) is 6.07 Å². The summed E-state index contributed by atoms with van der Waals surface area (Å²) in [4.78, 5) is 0. The second-order valence-corrected chi connectivity index (χ2v) is 16.8. The van der Waals surface area contributed by atoms with Crippen LogP contribution in [-0.4, -0.2) is 44.8 Å². The van der Waals surface area contributed by atoms with Crippen LogP contribution in [0.1, 0.15) is 79.4 Å². The lowest BCUT2D eigenvalue weighted by atomic mass is 9.89. The third-order valence-electron chi connectivity index (χ3n) is 9.44. The molecule has 0 radical (unpaired) electrons. The molecule has 298 valence electrons. The molecule has 0 saturated carbocycles. The summed E-state index contributed by atoms with van der Waals surface area (Å²) >= 11 is 0. The summed E-state index contributed by atoms with van der Waals surface area (Å²) < 4.78 is 74.7. The Hall–Kier alpha value is -4.91. The van der Waals surface area contributed by atoms with Crippen molar-refractivity contribution in [1.29, 1.82) is 5.26 Å². The Balaban J connectivity index is 0.000000215. The molecule has 0 aliphatic carbocycles. The van der Waals surface area contributed by atoms with Crippen LogP contribution in [0.5, 0.6) is 23.0 Å². The van der Waals surface area contributed by atoms with Gasteiger partial charge in [0.05, 0.1) is 49.5 Å². The lowest BCUT2D eigenvalue weighted by Crippen LogP contribution is -2.17. The van der Waals surface area contributed by atoms with Gasteiger partial charge in [0.1, 0.15) is 35.2 Å². The third kappa shape index (κ3) is 11.1. The van der Waals surface area contributed by atoms with Gasteiger partial charge in [0.2, 0.25) is 20.0 Å². The Bertz CT molecular complexity index is 2290. The van der Waals surface area contributed by atoms with Crippen molar-refractivity contribution in [2.45, 2.75) is 68.7 Å². The number of rotatable bonds is 16. The molecular weight excluding hydrogens is 755 g/mol. The van der Waals surface area contributed by atoms with Crippen LogP contribution in [0.15, 0.2) is 84.9 Å². The van der Waals surface area contributed by atoms with Crippen molar-refractivity contribution in [1.82, 2.24) is 0 Å². The minimum atomic E-state index is -3.62. The fourth-order valence-electron chi connectivity index (χ4n) is 7.04. The highest BCUT2D eigenvalue weighted by Crippen LogP contribution is 2.50. The largest absolute Gasteiger partial charge is 0.496 e. The normalized spacial score (nSPS) is 15.4. The molecule has 0 saturated heterocycles. The van der Waals surface area contributed by atoms with E-state index in [1.807, 2.05) is 72.8 Å². The van der Waals surface area contributed by atoms with Crippen LogP contribution in [0, 0.1) is 11.3 Å². The first-order chi connectivity index (χ1) is 26.9. The zero-order valence-corrected chi connectivity index (χ0v) is 33.5. The molecule has 6 rings (SSSR count). The fourth-order valence-corrected chi connectivity index (χ4v) is 8.33. The molecule has 2 unspecified atom stereocenters. The molecule has 2 aliphatic heterocycles. The van der Waals surface area contributed by atoms with Gasteiger partial charge in [-0.25, -0.2) is 27.1 Å². The van der Waals surface area contributed by atoms with E-state index in [1.54, 1.807) is 33.5 Å². The predicted molar refractivity (Wildman–Crippen MR) is 216 cm³/mol. The second-order valence-electron chi connectivity index (χ2n) is 13.6. The molecule has 0 spiro atoms. The third-order valence-corrected chi connectivity index (χ3v) is 10.9. The van der Waals surface area contributed by atoms with Gasteiger partial charge in [-0.2, -0.15) is 5.26 Å². The monoisotopic (exact) mass is 803 g/mol. The van der Waals surface area contributed by atoms with E-state index in [1.165, 1.54) is 0 Å². The maximum atomic E-state index is 11.5. The first kappa shape index (κ1) is 42.2. The summed E-state index contributed by atoms with van der Waals surface area (Å²) in [5, 5.41) is 19.1. The average Bonchev–Trinajstić information content (AvgIpc) is 3.16. The number of ether oxygens (including phenoxy) is 5. The first-order valence-corrected chi connectivity index (χ1v) is 21.7. The van der Waals surface area contributed by atoms with E-state index < -0.39 is 20.0 Å². The van der Waals surface area contributed by atoms with Crippen molar-refractivity contribution in [2.24, 2.45) is 10.3 Å². The summed E-state index contributed by atoms with van der Waals surface area (Å²) in [6.07, 6.45) is 9.48. The van der Waals surface area contributed by atoms with Crippen molar-refractivity contribution in [2.75, 3.05) is 27.9 Å². The molecule has 0 bridgehead atoms. The number of nitrogens with zero attached hydrogens (tertiary/aromatic N) is 1. The van der Waals surface area contributed by atoms with E-state index in [9.17, 15) is 16.8 Å². The van der Waals surface area contributed by atoms with E-state index in [4.69, 9.17) is 39.2 Å². The Morgan fingerprint density at radius 1 is 0.696 bits per heavy atom. The van der Waals surface area contributed by atoms with Gasteiger partial charge in [-0.3, -0.25) is 0 Å². The Kier molecular flexibility index (Phi) is 14.6. The van der Waals surface area contributed by atoms with Gasteiger partial charge >= 0.3 is 0 Å². The maximum Gasteiger partial charge on any atom is 0.213 e. The van der Waals surface area contributed by atoms with E-state index in [-0.39, 0.29) is 23.7 Å². The molecule has 56 heavy (non-hydrogen) atoms. The van der Waals surface area contributed by atoms with Crippen LogP contribution >= 0.6 is 0 Å². The fraction of sp³-hybridized carbons (Fsp3) is 0.357. The second kappa shape index (κ2) is 19.3. The molecule has 2 heterocycles. The van der Waals surface area contributed by atoms with Crippen LogP contribution < -0.4 is 29.2 Å². The SMILES string of the molecule is COCC=CCC1Oc2cccc(OC)c2-c2ccc(CS(N)(=O)=O)cc21.COc1cccc2c1-c1ccc(CS(N)(=O)=O)cc1C(CCCCCCC#N)O2. The van der Waals surface area contributed by atoms with Crippen molar-refractivity contribution < 1.29 is 40.5 Å². The Morgan fingerprint density at radius 2 is 1.21 bits per heavy atom. The molecule has 4 aromatic rings. The van der Waals surface area contributed by atoms with Crippen LogP contribution in [-0.2, 0) is 36.3 Å². The molecule has 0 aromatic heterocycles. The number of methoxy groups -OCH3 is 3. The first-order valence-electron chi connectivity index (χ1n) is 18.3. The van der Waals surface area contributed by atoms with Gasteiger partial charge in [0.15, 0.2) is 0 Å². The molecule has 2 atom stereocenters. The zero-order valence-electron chi connectivity index (χ0n) is 31.9. The molecule has 12 nitrogen and oxygen atoms in total. The standard InChI is InChI=1S/C22H26N2O4S.C20H23NO5S/c1-27-20-9-7-10-21-22(20)17-12-11-16(15-29(24,25)26)14-18(17)19(28-21)8-5-3-2-4-6-13-23;1-24-11-4-3-6-17-16-12-14(13-27(21,22)23)9-10-15(16)20-18(25-2)7-5-8-19(20)26-17/h7,9-12,14,19H,2-6,8,15H2,1H3,(H2,24,25,26);3-5,7-10,12,17H,6,11,13H2,1-2H3,(H2,21,22,23). The van der Waals surface area contributed by atoms with Crippen molar-refractivity contribution in [3.8, 4) is 51.3 Å². The highest BCUT2D eigenvalue weighted by Gasteiger charge is 2.30. The number of hydrogen-bond acceptors (Lipinski definition) is 10. The van der Waals surface area contributed by atoms with Gasteiger partial charge in [-0.15, -0.1) is 0 Å². The minimum Gasteiger partial charge on any atom is -0.496 e. The van der Waals surface area contributed by atoms with E-state index in [0.29, 0.717) is 36.3 Å². The van der Waals surface area contributed by atoms with E-state index >= 15 is 0 Å². The molecule has 0 fully saturated rings. The number of benzene rings is 4. The number of unbranched alkanes of at least 4 members (excludes halogenated alkanes) is 4. The van der Waals surface area contributed by atoms with Crippen molar-refractivity contribution in [3.05, 3.63) is 107 Å². The van der Waals surface area contributed by atoms with Crippen LogP contribution in [0.25, 0.3) is 22.3 Å². The summed E-state index contributed by atoms with van der Waals surface area (Å²) in [5.41, 5.74) is 6.87. The number of primary sulfonamides is 2. The van der Waals surface area contributed by atoms with Crippen molar-refractivity contribution >= 4 is 20.0 Å².